The molecular formula is C15H14ClFN2. The molecule has 3 rings (SSSR count). The Morgan fingerprint density at radius 2 is 2.16 bits per heavy atom. The number of pyridine rings is 1. The molecule has 2 aromatic rings. The van der Waals surface area contributed by atoms with Crippen molar-refractivity contribution in [2.24, 2.45) is 5.73 Å². The van der Waals surface area contributed by atoms with Crippen molar-refractivity contribution in [1.82, 2.24) is 4.98 Å². The zero-order valence-electron chi connectivity index (χ0n) is 10.3. The lowest BCUT2D eigenvalue weighted by Crippen LogP contribution is -2.19. The molecule has 0 bridgehead atoms. The van der Waals surface area contributed by atoms with E-state index in [-0.39, 0.29) is 17.0 Å². The van der Waals surface area contributed by atoms with Gasteiger partial charge in [-0.1, -0.05) is 29.8 Å². The lowest BCUT2D eigenvalue weighted by atomic mass is 9.91. The van der Waals surface area contributed by atoms with Crippen molar-refractivity contribution in [3.05, 3.63) is 64.2 Å². The first kappa shape index (κ1) is 12.6. The van der Waals surface area contributed by atoms with Crippen molar-refractivity contribution in [2.45, 2.75) is 24.8 Å². The van der Waals surface area contributed by atoms with E-state index >= 15 is 0 Å². The van der Waals surface area contributed by atoms with E-state index in [1.165, 1.54) is 11.6 Å². The van der Waals surface area contributed by atoms with Crippen LogP contribution in [0.5, 0.6) is 0 Å². The monoisotopic (exact) mass is 276 g/mol. The molecule has 1 aliphatic carbocycles. The number of aromatic nitrogens is 1. The van der Waals surface area contributed by atoms with Gasteiger partial charge in [-0.2, -0.15) is 0 Å². The third-order valence-electron chi connectivity index (χ3n) is 3.78. The minimum absolute atomic E-state index is 0.107. The van der Waals surface area contributed by atoms with Gasteiger partial charge in [0.25, 0.3) is 0 Å². The molecule has 98 valence electrons. The molecule has 1 aliphatic rings. The summed E-state index contributed by atoms with van der Waals surface area (Å²) in [6.45, 7) is 0. The Morgan fingerprint density at radius 1 is 1.32 bits per heavy atom. The fourth-order valence-electron chi connectivity index (χ4n) is 2.79. The quantitative estimate of drug-likeness (QED) is 0.910. The van der Waals surface area contributed by atoms with Gasteiger partial charge in [0.05, 0.1) is 5.02 Å². The van der Waals surface area contributed by atoms with Gasteiger partial charge >= 0.3 is 0 Å². The number of aryl methyl sites for hydroxylation is 1. The van der Waals surface area contributed by atoms with Crippen molar-refractivity contribution in [3.8, 4) is 0 Å². The summed E-state index contributed by atoms with van der Waals surface area (Å²) in [4.78, 5) is 4.42. The Balaban J connectivity index is 1.98. The Kier molecular flexibility index (Phi) is 3.25. The molecular weight excluding hydrogens is 263 g/mol. The summed E-state index contributed by atoms with van der Waals surface area (Å²) >= 11 is 6.02. The molecule has 1 aromatic carbocycles. The molecule has 0 spiro atoms. The largest absolute Gasteiger partial charge is 0.323 e. The van der Waals surface area contributed by atoms with Gasteiger partial charge in [-0.25, -0.2) is 4.39 Å². The molecule has 2 N–H and O–H groups in total. The number of hydrogen-bond acceptors (Lipinski definition) is 2. The van der Waals surface area contributed by atoms with Crippen LogP contribution in [-0.4, -0.2) is 4.98 Å². The molecule has 0 aliphatic heterocycles. The van der Waals surface area contributed by atoms with Crippen molar-refractivity contribution in [2.75, 3.05) is 0 Å². The smallest absolute Gasteiger partial charge is 0.142 e. The van der Waals surface area contributed by atoms with Crippen LogP contribution in [0.4, 0.5) is 4.39 Å². The molecule has 1 heterocycles. The zero-order chi connectivity index (χ0) is 13.4. The standard InChI is InChI=1S/C15H14ClFN2/c16-13-10(4-1-5-12(13)17)14(18)11-7-6-9-3-2-8-19-15(9)11/h1-5,8,11,14H,6-7,18H2. The van der Waals surface area contributed by atoms with E-state index in [4.69, 9.17) is 17.3 Å². The van der Waals surface area contributed by atoms with Crippen LogP contribution in [0, 0.1) is 5.82 Å². The van der Waals surface area contributed by atoms with Crippen LogP contribution in [0.1, 0.15) is 35.2 Å². The number of nitrogens with two attached hydrogens (primary N) is 1. The highest BCUT2D eigenvalue weighted by Gasteiger charge is 2.31. The first-order chi connectivity index (χ1) is 9.18. The Morgan fingerprint density at radius 3 is 3.00 bits per heavy atom. The summed E-state index contributed by atoms with van der Waals surface area (Å²) in [6, 6.07) is 8.46. The number of hydrogen-bond donors (Lipinski definition) is 1. The van der Waals surface area contributed by atoms with E-state index in [1.54, 1.807) is 18.3 Å². The maximum atomic E-state index is 13.5. The van der Waals surface area contributed by atoms with Gasteiger partial charge in [-0.3, -0.25) is 4.98 Å². The highest BCUT2D eigenvalue weighted by molar-refractivity contribution is 6.31. The summed E-state index contributed by atoms with van der Waals surface area (Å²) in [5.41, 5.74) is 9.21. The van der Waals surface area contributed by atoms with Crippen molar-refractivity contribution in [1.29, 1.82) is 0 Å². The van der Waals surface area contributed by atoms with Crippen molar-refractivity contribution in [3.63, 3.8) is 0 Å². The topological polar surface area (TPSA) is 38.9 Å². The molecule has 2 unspecified atom stereocenters. The van der Waals surface area contributed by atoms with E-state index < -0.39 is 5.82 Å². The lowest BCUT2D eigenvalue weighted by Gasteiger charge is -2.21. The third kappa shape index (κ3) is 2.13. The van der Waals surface area contributed by atoms with Crippen LogP contribution >= 0.6 is 11.6 Å². The number of halogens is 2. The molecule has 0 radical (unpaired) electrons. The SMILES string of the molecule is NC(c1cccc(F)c1Cl)C1CCc2cccnc21. The molecule has 4 heteroatoms. The van der Waals surface area contributed by atoms with Crippen molar-refractivity contribution >= 4 is 11.6 Å². The number of nitrogens with zero attached hydrogens (tertiary/aromatic N) is 1. The average Bonchev–Trinajstić information content (AvgIpc) is 2.85. The number of rotatable bonds is 2. The molecule has 2 nitrogen and oxygen atoms in total. The van der Waals surface area contributed by atoms with E-state index in [1.807, 2.05) is 6.07 Å². The van der Waals surface area contributed by atoms with E-state index in [0.717, 1.165) is 18.5 Å². The highest BCUT2D eigenvalue weighted by atomic mass is 35.5. The second-order valence-corrected chi connectivity index (χ2v) is 5.24. The van der Waals surface area contributed by atoms with Crippen LogP contribution < -0.4 is 5.73 Å². The molecule has 0 fully saturated rings. The van der Waals surface area contributed by atoms with Gasteiger partial charge in [0.1, 0.15) is 5.82 Å². The molecule has 0 amide bonds. The predicted octanol–water partition coefficient (Wildman–Crippen LogP) is 3.60. The maximum absolute atomic E-state index is 13.5. The first-order valence-electron chi connectivity index (χ1n) is 6.31. The Labute approximate surface area is 116 Å². The van der Waals surface area contributed by atoms with E-state index in [2.05, 4.69) is 11.1 Å². The van der Waals surface area contributed by atoms with Crippen LogP contribution in [-0.2, 0) is 6.42 Å². The zero-order valence-corrected chi connectivity index (χ0v) is 11.1. The first-order valence-corrected chi connectivity index (χ1v) is 6.69. The lowest BCUT2D eigenvalue weighted by molar-refractivity contribution is 0.536. The molecule has 2 atom stereocenters. The van der Waals surface area contributed by atoms with Gasteiger partial charge in [-0.15, -0.1) is 0 Å². The summed E-state index contributed by atoms with van der Waals surface area (Å²) in [5, 5.41) is 0.124. The van der Waals surface area contributed by atoms with Crippen LogP contribution in [0.2, 0.25) is 5.02 Å². The van der Waals surface area contributed by atoms with Crippen LogP contribution in [0.25, 0.3) is 0 Å². The molecule has 19 heavy (non-hydrogen) atoms. The highest BCUT2D eigenvalue weighted by Crippen LogP contribution is 2.41. The molecule has 1 aromatic heterocycles. The minimum Gasteiger partial charge on any atom is -0.323 e. The molecule has 0 saturated heterocycles. The normalized spacial score (nSPS) is 19.2. The summed E-state index contributed by atoms with van der Waals surface area (Å²) in [7, 11) is 0. The van der Waals surface area contributed by atoms with Crippen LogP contribution in [0.3, 0.4) is 0 Å². The van der Waals surface area contributed by atoms with E-state index in [0.29, 0.717) is 5.56 Å². The number of fused-ring (bicyclic) bond motifs is 1. The third-order valence-corrected chi connectivity index (χ3v) is 4.17. The second kappa shape index (κ2) is 4.91. The van der Waals surface area contributed by atoms with Gasteiger partial charge < -0.3 is 5.73 Å². The number of benzene rings is 1. The Bertz CT molecular complexity index is 615. The van der Waals surface area contributed by atoms with Gasteiger partial charge in [-0.05, 0) is 36.1 Å². The fraction of sp³-hybridized carbons (Fsp3) is 0.267. The fourth-order valence-corrected chi connectivity index (χ4v) is 3.04. The average molecular weight is 277 g/mol. The molecule has 0 saturated carbocycles. The van der Waals surface area contributed by atoms with E-state index in [9.17, 15) is 4.39 Å². The van der Waals surface area contributed by atoms with Gasteiger partial charge in [0.15, 0.2) is 0 Å². The van der Waals surface area contributed by atoms with Gasteiger partial charge in [0.2, 0.25) is 0 Å². The van der Waals surface area contributed by atoms with Crippen molar-refractivity contribution < 1.29 is 4.39 Å². The maximum Gasteiger partial charge on any atom is 0.142 e. The van der Waals surface area contributed by atoms with Gasteiger partial charge in [0, 0.05) is 23.9 Å². The second-order valence-electron chi connectivity index (χ2n) is 4.86. The summed E-state index contributed by atoms with van der Waals surface area (Å²) in [6.07, 6.45) is 3.67. The summed E-state index contributed by atoms with van der Waals surface area (Å²) in [5.74, 6) is -0.315. The Hall–Kier alpha value is -1.45. The minimum atomic E-state index is -0.422. The predicted molar refractivity (Wildman–Crippen MR) is 73.6 cm³/mol. The van der Waals surface area contributed by atoms with Crippen LogP contribution in [0.15, 0.2) is 36.5 Å². The summed E-state index contributed by atoms with van der Waals surface area (Å²) < 4.78 is 13.5.